The number of imide groups is 1. The fraction of sp³-hybridized carbons (Fsp3) is 0.429. The van der Waals surface area contributed by atoms with Gasteiger partial charge >= 0.3 is 11.9 Å². The van der Waals surface area contributed by atoms with Crippen LogP contribution in [-0.4, -0.2) is 72.7 Å². The molecule has 2 N–H and O–H groups in total. The van der Waals surface area contributed by atoms with Crippen LogP contribution in [0, 0.1) is 0 Å². The number of anilines is 1. The quantitative estimate of drug-likeness (QED) is 0.187. The molecule has 0 radical (unpaired) electrons. The second-order valence-electron chi connectivity index (χ2n) is 14.7. The summed E-state index contributed by atoms with van der Waals surface area (Å²) in [5.74, 6) is -3.33. The molecular weight excluding hydrogens is 672 g/mol. The van der Waals surface area contributed by atoms with Gasteiger partial charge in [0.2, 0.25) is 0 Å². The van der Waals surface area contributed by atoms with Crippen LogP contribution < -0.4 is 10.2 Å². The van der Waals surface area contributed by atoms with Crippen molar-refractivity contribution in [3.63, 3.8) is 0 Å². The van der Waals surface area contributed by atoms with Crippen LogP contribution in [0.1, 0.15) is 122 Å². The van der Waals surface area contributed by atoms with Gasteiger partial charge in [-0.3, -0.25) is 19.4 Å². The zero-order chi connectivity index (χ0) is 38.0. The van der Waals surface area contributed by atoms with Gasteiger partial charge in [0.05, 0.1) is 11.3 Å². The van der Waals surface area contributed by atoms with Crippen molar-refractivity contribution >= 4 is 46.6 Å². The number of carbonyl (C=O) groups is 5. The highest BCUT2D eigenvalue weighted by molar-refractivity contribution is 6.14. The Morgan fingerprint density at radius 3 is 2.43 bits per heavy atom. The summed E-state index contributed by atoms with van der Waals surface area (Å²) in [5.41, 5.74) is 9.96. The van der Waals surface area contributed by atoms with Crippen molar-refractivity contribution in [3.8, 4) is 0 Å². The van der Waals surface area contributed by atoms with Gasteiger partial charge in [0, 0.05) is 63.1 Å². The van der Waals surface area contributed by atoms with Crippen molar-refractivity contribution in [1.29, 1.82) is 0 Å². The monoisotopic (exact) mass is 720 g/mol. The van der Waals surface area contributed by atoms with E-state index in [9.17, 15) is 29.1 Å². The summed E-state index contributed by atoms with van der Waals surface area (Å²) in [7, 11) is 3.94. The number of aromatic carboxylic acids is 1. The first kappa shape index (κ1) is 37.4. The fourth-order valence-electron chi connectivity index (χ4n) is 7.84. The maximum atomic E-state index is 13.3. The summed E-state index contributed by atoms with van der Waals surface area (Å²) in [5, 5.41) is 14.0. The largest absolute Gasteiger partial charge is 0.478 e. The number of carbonyl (C=O) groups excluding carboxylic acids is 4. The number of fused-ring (bicyclic) bond motifs is 3. The van der Waals surface area contributed by atoms with Crippen LogP contribution in [0.15, 0.2) is 64.2 Å². The number of nitrogens with one attached hydrogen (secondary N) is 1. The molecule has 53 heavy (non-hydrogen) atoms. The van der Waals surface area contributed by atoms with Gasteiger partial charge in [-0.05, 0) is 119 Å². The molecule has 2 aromatic carbocycles. The Morgan fingerprint density at radius 2 is 1.74 bits per heavy atom. The number of benzene rings is 2. The first-order chi connectivity index (χ1) is 25.3. The molecule has 1 saturated heterocycles. The first-order valence-electron chi connectivity index (χ1n) is 18.6. The van der Waals surface area contributed by atoms with Gasteiger partial charge in [0.1, 0.15) is 0 Å². The highest BCUT2D eigenvalue weighted by Gasteiger charge is 2.41. The smallest absolute Gasteiger partial charge is 0.336 e. The van der Waals surface area contributed by atoms with Gasteiger partial charge in [-0.25, -0.2) is 9.59 Å². The highest BCUT2D eigenvalue weighted by Crippen LogP contribution is 2.52. The molecule has 0 atom stereocenters. The molecule has 2 aliphatic heterocycles. The molecule has 11 nitrogen and oxygen atoms in total. The number of hydrogen-bond donors (Lipinski definition) is 2. The van der Waals surface area contributed by atoms with Crippen molar-refractivity contribution in [2.45, 2.75) is 90.4 Å². The Kier molecular flexibility index (Phi) is 10.8. The predicted molar refractivity (Wildman–Crippen MR) is 203 cm³/mol. The van der Waals surface area contributed by atoms with Crippen LogP contribution in [0.3, 0.4) is 0 Å². The number of hydroxylamine groups is 2. The van der Waals surface area contributed by atoms with Crippen LogP contribution in [-0.2, 0) is 31.1 Å². The maximum absolute atomic E-state index is 13.3. The van der Waals surface area contributed by atoms with E-state index in [0.717, 1.165) is 77.8 Å². The van der Waals surface area contributed by atoms with E-state index in [0.29, 0.717) is 23.5 Å². The van der Waals surface area contributed by atoms with Crippen molar-refractivity contribution in [3.05, 3.63) is 92.6 Å². The average Bonchev–Trinajstić information content (AvgIpc) is 3.45. The third-order valence-corrected chi connectivity index (χ3v) is 10.8. The Balaban J connectivity index is 1.32. The second-order valence-corrected chi connectivity index (χ2v) is 14.7. The van der Waals surface area contributed by atoms with E-state index < -0.39 is 35.1 Å². The number of allylic oxidation sites excluding steroid dienone is 5. The van der Waals surface area contributed by atoms with Crippen LogP contribution >= 0.6 is 0 Å². The Bertz CT molecular complexity index is 2000. The van der Waals surface area contributed by atoms with E-state index in [1.807, 2.05) is 7.05 Å². The molecule has 2 aliphatic carbocycles. The topological polar surface area (TPSA) is 146 Å². The van der Waals surface area contributed by atoms with Crippen LogP contribution in [0.25, 0.3) is 5.57 Å². The Hall–Kier alpha value is -5.32. The minimum atomic E-state index is -1.13. The second kappa shape index (κ2) is 15.3. The number of nitrogens with zero attached hydrogens (tertiary/aromatic N) is 3. The molecule has 278 valence electrons. The minimum Gasteiger partial charge on any atom is -0.478 e. The van der Waals surface area contributed by atoms with Crippen molar-refractivity contribution in [1.82, 2.24) is 10.4 Å². The molecule has 1 fully saturated rings. The summed E-state index contributed by atoms with van der Waals surface area (Å²) in [6.45, 7) is 7.82. The molecule has 6 rings (SSSR count). The van der Waals surface area contributed by atoms with E-state index in [-0.39, 0.29) is 36.9 Å². The summed E-state index contributed by atoms with van der Waals surface area (Å²) in [6, 6.07) is 9.41. The van der Waals surface area contributed by atoms with Crippen molar-refractivity contribution in [2.75, 3.05) is 32.1 Å². The molecule has 0 unspecified atom stereocenters. The predicted octanol–water partition coefficient (Wildman–Crippen LogP) is 6.50. The lowest BCUT2D eigenvalue weighted by atomic mass is 9.63. The minimum absolute atomic E-state index is 0.0246. The fourth-order valence-corrected chi connectivity index (χ4v) is 7.84. The number of aryl methyl sites for hydroxylation is 1. The highest BCUT2D eigenvalue weighted by atomic mass is 16.7. The van der Waals surface area contributed by atoms with Crippen molar-refractivity contribution in [2.24, 2.45) is 4.99 Å². The number of aliphatic imine (C=N–C) groups is 1. The van der Waals surface area contributed by atoms with Gasteiger partial charge in [-0.1, -0.05) is 33.3 Å². The molecule has 2 aromatic rings. The van der Waals surface area contributed by atoms with E-state index in [1.165, 1.54) is 17.3 Å². The van der Waals surface area contributed by atoms with Gasteiger partial charge in [0.15, 0.2) is 0 Å². The number of rotatable bonds is 12. The summed E-state index contributed by atoms with van der Waals surface area (Å²) < 4.78 is 0. The lowest BCUT2D eigenvalue weighted by Gasteiger charge is -2.42. The van der Waals surface area contributed by atoms with Gasteiger partial charge in [-0.2, -0.15) is 0 Å². The Morgan fingerprint density at radius 1 is 0.981 bits per heavy atom. The molecule has 0 aromatic heterocycles. The summed E-state index contributed by atoms with van der Waals surface area (Å²) in [6.07, 6.45) is 10.1. The molecule has 2 heterocycles. The van der Waals surface area contributed by atoms with Crippen molar-refractivity contribution < 1.29 is 33.9 Å². The molecule has 4 aliphatic rings. The Labute approximate surface area is 310 Å². The molecule has 3 amide bonds. The maximum Gasteiger partial charge on any atom is 0.336 e. The van der Waals surface area contributed by atoms with Gasteiger partial charge < -0.3 is 20.2 Å². The third kappa shape index (κ3) is 7.34. The molecule has 0 saturated carbocycles. The molecule has 11 heteroatoms. The third-order valence-electron chi connectivity index (χ3n) is 10.8. The van der Waals surface area contributed by atoms with E-state index >= 15 is 0 Å². The SMILES string of the molecule is CCCCC1=CC2=C(c3ccc(C(=O)NCCCCC(=O)ON4C(=O)CCC4=O)cc3C(=O)O)c3cc4c(cc3C(C)(C)C2=CC1=NC)N(C)CCC4. The van der Waals surface area contributed by atoms with Gasteiger partial charge in [0.25, 0.3) is 17.7 Å². The zero-order valence-corrected chi connectivity index (χ0v) is 31.3. The number of hydrogen-bond acceptors (Lipinski definition) is 8. The van der Waals surface area contributed by atoms with E-state index in [2.05, 4.69) is 67.3 Å². The lowest BCUT2D eigenvalue weighted by molar-refractivity contribution is -0.197. The number of unbranched alkanes of at least 4 members (excludes halogenated alkanes) is 2. The van der Waals surface area contributed by atoms with Crippen LogP contribution in [0.4, 0.5) is 5.69 Å². The number of carboxylic acid groups (broad SMARTS) is 1. The normalized spacial score (nSPS) is 18.3. The van der Waals surface area contributed by atoms with Gasteiger partial charge in [-0.15, -0.1) is 5.06 Å². The van der Waals surface area contributed by atoms with Crippen LogP contribution in [0.5, 0.6) is 0 Å². The number of carboxylic acids is 1. The van der Waals surface area contributed by atoms with Crippen LogP contribution in [0.2, 0.25) is 0 Å². The molecule has 0 spiro atoms. The molecular formula is C42H48N4O7. The molecule has 0 bridgehead atoms. The first-order valence-corrected chi connectivity index (χ1v) is 18.6. The standard InChI is InChI=1S/C42H48N4O7/c1-6-7-11-25-20-30-32(23-34(25)43-4)42(2,3)33-24-35-26(12-10-19-45(35)5)21-31(33)39(30)28-15-14-27(22-29(28)41(51)52)40(50)44-18-9-8-13-38(49)53-46-36(47)16-17-37(46)48/h14-15,20-24H,6-13,16-19H2,1-5H3,(H,44,50)(H,51,52). The van der Waals surface area contributed by atoms with E-state index in [1.54, 1.807) is 12.1 Å². The lowest BCUT2D eigenvalue weighted by Crippen LogP contribution is -2.32. The number of amides is 3. The zero-order valence-electron chi connectivity index (χ0n) is 31.3. The van der Waals surface area contributed by atoms with E-state index in [4.69, 9.17) is 4.84 Å². The summed E-state index contributed by atoms with van der Waals surface area (Å²) >= 11 is 0. The summed E-state index contributed by atoms with van der Waals surface area (Å²) in [4.78, 5) is 73.7. The average molecular weight is 721 g/mol.